The summed E-state index contributed by atoms with van der Waals surface area (Å²) in [5.74, 6) is -2.80. The molecule has 0 radical (unpaired) electrons. The summed E-state index contributed by atoms with van der Waals surface area (Å²) < 4.78 is 26.3. The minimum absolute atomic E-state index is 0.379. The predicted octanol–water partition coefficient (Wildman–Crippen LogP) is -0.274. The third-order valence-corrected chi connectivity index (χ3v) is 2.83. The van der Waals surface area contributed by atoms with Gasteiger partial charge in [-0.2, -0.15) is 0 Å². The van der Waals surface area contributed by atoms with E-state index in [9.17, 15) is 13.2 Å². The molecule has 0 spiro atoms. The van der Waals surface area contributed by atoms with Crippen LogP contribution >= 0.6 is 0 Å². The van der Waals surface area contributed by atoms with Crippen LogP contribution in [0.1, 0.15) is 6.92 Å². The van der Waals surface area contributed by atoms with Gasteiger partial charge in [-0.1, -0.05) is 6.92 Å². The molecule has 0 aromatic rings. The Bertz CT molecular complexity index is 243. The van der Waals surface area contributed by atoms with Crippen molar-refractivity contribution in [3.63, 3.8) is 0 Å². The topological polar surface area (TPSA) is 80.7 Å². The zero-order valence-corrected chi connectivity index (χ0v) is 7.80. The maximum atomic E-state index is 11.0. The molecule has 5 nitrogen and oxygen atoms in total. The Morgan fingerprint density at radius 2 is 2.08 bits per heavy atom. The fourth-order valence-corrected chi connectivity index (χ4v) is 2.04. The highest BCUT2D eigenvalue weighted by molar-refractivity contribution is 7.91. The number of aliphatic carboxylic acids is 1. The fraction of sp³-hybridized carbons (Fsp3) is 0.833. The number of methoxy groups -OCH3 is 1. The molecule has 0 bridgehead atoms. The van der Waals surface area contributed by atoms with Crippen molar-refractivity contribution in [1.82, 2.24) is 0 Å². The molecule has 0 aromatic heterocycles. The van der Waals surface area contributed by atoms with Gasteiger partial charge in [0.15, 0.2) is 9.84 Å². The van der Waals surface area contributed by atoms with E-state index in [1.54, 1.807) is 0 Å². The van der Waals surface area contributed by atoms with Gasteiger partial charge in [0, 0.05) is 7.11 Å². The van der Waals surface area contributed by atoms with Gasteiger partial charge in [0.25, 0.3) is 0 Å². The lowest BCUT2D eigenvalue weighted by Gasteiger charge is -2.05. The Labute approximate surface area is 71.3 Å². The van der Waals surface area contributed by atoms with Crippen LogP contribution in [0.3, 0.4) is 0 Å². The summed E-state index contributed by atoms with van der Waals surface area (Å²) in [7, 11) is -2.13. The largest absolute Gasteiger partial charge is 0.481 e. The minimum atomic E-state index is -3.38. The maximum Gasteiger partial charge on any atom is 0.307 e. The van der Waals surface area contributed by atoms with Crippen molar-refractivity contribution < 1.29 is 23.1 Å². The van der Waals surface area contributed by atoms with Crippen LogP contribution in [0.2, 0.25) is 0 Å². The molecular formula is C6H12O5S. The van der Waals surface area contributed by atoms with Gasteiger partial charge in [0.05, 0.1) is 11.7 Å². The highest BCUT2D eigenvalue weighted by atomic mass is 32.2. The number of carboxylic acid groups (broad SMARTS) is 1. The molecule has 1 unspecified atom stereocenters. The Hall–Kier alpha value is -0.620. The van der Waals surface area contributed by atoms with Gasteiger partial charge in [-0.15, -0.1) is 0 Å². The summed E-state index contributed by atoms with van der Waals surface area (Å²) in [4.78, 5) is 10.3. The van der Waals surface area contributed by atoms with E-state index >= 15 is 0 Å². The molecule has 0 aliphatic heterocycles. The zero-order valence-electron chi connectivity index (χ0n) is 6.98. The second-order valence-corrected chi connectivity index (χ2v) is 4.61. The lowest BCUT2D eigenvalue weighted by molar-refractivity contribution is -0.140. The van der Waals surface area contributed by atoms with Crippen molar-refractivity contribution in [1.29, 1.82) is 0 Å². The molecule has 0 rings (SSSR count). The van der Waals surface area contributed by atoms with E-state index in [0.717, 1.165) is 0 Å². The summed E-state index contributed by atoms with van der Waals surface area (Å²) in [5, 5.41) is 8.41. The summed E-state index contributed by atoms with van der Waals surface area (Å²) in [6, 6.07) is 0. The molecule has 0 fully saturated rings. The van der Waals surface area contributed by atoms with Crippen molar-refractivity contribution >= 4 is 15.8 Å². The second kappa shape index (κ2) is 4.42. The SMILES string of the molecule is COCS(=O)(=O)CC(C)C(=O)O. The lowest BCUT2D eigenvalue weighted by atomic mass is 10.2. The number of hydrogen-bond acceptors (Lipinski definition) is 4. The number of hydrogen-bond donors (Lipinski definition) is 1. The lowest BCUT2D eigenvalue weighted by Crippen LogP contribution is -2.23. The van der Waals surface area contributed by atoms with E-state index in [-0.39, 0.29) is 5.75 Å². The van der Waals surface area contributed by atoms with Crippen LogP contribution in [0, 0.1) is 5.92 Å². The van der Waals surface area contributed by atoms with Crippen LogP contribution in [-0.2, 0) is 19.4 Å². The van der Waals surface area contributed by atoms with Gasteiger partial charge >= 0.3 is 5.97 Å². The van der Waals surface area contributed by atoms with Gasteiger partial charge in [-0.25, -0.2) is 8.42 Å². The number of ether oxygens (including phenoxy) is 1. The van der Waals surface area contributed by atoms with E-state index in [1.807, 2.05) is 0 Å². The van der Waals surface area contributed by atoms with Crippen molar-refractivity contribution in [3.05, 3.63) is 0 Å². The standard InChI is InChI=1S/C6H12O5S/c1-5(6(7)8)3-12(9,10)4-11-2/h5H,3-4H2,1-2H3,(H,7,8). The van der Waals surface area contributed by atoms with Gasteiger partial charge in [0.2, 0.25) is 0 Å². The second-order valence-electron chi connectivity index (χ2n) is 2.56. The van der Waals surface area contributed by atoms with Crippen LogP contribution in [0.4, 0.5) is 0 Å². The monoisotopic (exact) mass is 196 g/mol. The van der Waals surface area contributed by atoms with Crippen molar-refractivity contribution in [2.24, 2.45) is 5.92 Å². The molecule has 72 valence electrons. The molecule has 0 aliphatic carbocycles. The molecule has 1 atom stereocenters. The third-order valence-electron chi connectivity index (χ3n) is 1.22. The zero-order chi connectivity index (χ0) is 9.78. The smallest absolute Gasteiger partial charge is 0.307 e. The molecule has 6 heteroatoms. The summed E-state index contributed by atoms with van der Waals surface area (Å²) in [5.41, 5.74) is 0. The minimum Gasteiger partial charge on any atom is -0.481 e. The van der Waals surface area contributed by atoms with Crippen LogP contribution < -0.4 is 0 Å². The van der Waals surface area contributed by atoms with E-state index in [4.69, 9.17) is 5.11 Å². The Kier molecular flexibility index (Phi) is 4.19. The highest BCUT2D eigenvalue weighted by Gasteiger charge is 2.20. The summed E-state index contributed by atoms with van der Waals surface area (Å²) in [6.07, 6.45) is 0. The Morgan fingerprint density at radius 3 is 2.42 bits per heavy atom. The molecule has 12 heavy (non-hydrogen) atoms. The van der Waals surface area contributed by atoms with E-state index in [0.29, 0.717) is 0 Å². The quantitative estimate of drug-likeness (QED) is 0.654. The van der Waals surface area contributed by atoms with Gasteiger partial charge in [-0.3, -0.25) is 4.79 Å². The molecule has 0 heterocycles. The Morgan fingerprint density at radius 1 is 1.58 bits per heavy atom. The molecule has 0 aliphatic rings. The molecular weight excluding hydrogens is 184 g/mol. The van der Waals surface area contributed by atoms with E-state index in [2.05, 4.69) is 4.74 Å². The van der Waals surface area contributed by atoms with Crippen LogP contribution in [-0.4, -0.2) is 38.3 Å². The van der Waals surface area contributed by atoms with Crippen LogP contribution in [0.15, 0.2) is 0 Å². The molecule has 0 saturated carbocycles. The molecule has 0 aromatic carbocycles. The summed E-state index contributed by atoms with van der Waals surface area (Å²) in [6.45, 7) is 1.34. The molecule has 0 amide bonds. The van der Waals surface area contributed by atoms with E-state index < -0.39 is 27.7 Å². The average Bonchev–Trinajstić information content (AvgIpc) is 1.85. The van der Waals surface area contributed by atoms with Crippen molar-refractivity contribution in [2.75, 3.05) is 18.8 Å². The van der Waals surface area contributed by atoms with Gasteiger partial charge in [0.1, 0.15) is 5.94 Å². The average molecular weight is 196 g/mol. The third kappa shape index (κ3) is 4.30. The van der Waals surface area contributed by atoms with Crippen LogP contribution in [0.25, 0.3) is 0 Å². The first-order valence-corrected chi connectivity index (χ1v) is 5.13. The number of carbonyl (C=O) groups is 1. The van der Waals surface area contributed by atoms with Crippen LogP contribution in [0.5, 0.6) is 0 Å². The number of rotatable bonds is 5. The normalized spacial score (nSPS) is 14.2. The van der Waals surface area contributed by atoms with Crippen molar-refractivity contribution in [3.8, 4) is 0 Å². The van der Waals surface area contributed by atoms with E-state index in [1.165, 1.54) is 14.0 Å². The van der Waals surface area contributed by atoms with Gasteiger partial charge < -0.3 is 9.84 Å². The molecule has 1 N–H and O–H groups in total. The molecule has 0 saturated heterocycles. The first kappa shape index (κ1) is 11.4. The highest BCUT2D eigenvalue weighted by Crippen LogP contribution is 2.01. The number of sulfone groups is 1. The number of carboxylic acids is 1. The predicted molar refractivity (Wildman–Crippen MR) is 42.5 cm³/mol. The van der Waals surface area contributed by atoms with Gasteiger partial charge in [-0.05, 0) is 0 Å². The first-order chi connectivity index (χ1) is 5.39. The summed E-state index contributed by atoms with van der Waals surface area (Å²) >= 11 is 0. The first-order valence-electron chi connectivity index (χ1n) is 3.31. The Balaban J connectivity index is 4.16. The maximum absolute atomic E-state index is 11.0. The fourth-order valence-electron chi connectivity index (χ4n) is 0.680. The van der Waals surface area contributed by atoms with Crippen molar-refractivity contribution in [2.45, 2.75) is 6.92 Å².